The van der Waals surface area contributed by atoms with Crippen LogP contribution < -0.4 is 10.1 Å². The van der Waals surface area contributed by atoms with Gasteiger partial charge in [-0.3, -0.25) is 4.79 Å². The number of nitriles is 1. The highest BCUT2D eigenvalue weighted by atomic mass is 127. The number of hydrogen-bond donors (Lipinski definition) is 2. The van der Waals surface area contributed by atoms with Crippen LogP contribution in [0, 0.1) is 14.9 Å². The lowest BCUT2D eigenvalue weighted by Crippen LogP contribution is -2.36. The van der Waals surface area contributed by atoms with Crippen LogP contribution in [0.5, 0.6) is 5.75 Å². The average molecular weight is 530 g/mol. The summed E-state index contributed by atoms with van der Waals surface area (Å²) >= 11 is 2.15. The summed E-state index contributed by atoms with van der Waals surface area (Å²) in [6.45, 7) is 0.304. The monoisotopic (exact) mass is 530 g/mol. The van der Waals surface area contributed by atoms with Gasteiger partial charge in [0.2, 0.25) is 0 Å². The Morgan fingerprint density at radius 1 is 1.16 bits per heavy atom. The van der Waals surface area contributed by atoms with Gasteiger partial charge in [0.15, 0.2) is 0 Å². The van der Waals surface area contributed by atoms with E-state index in [4.69, 9.17) is 9.84 Å². The van der Waals surface area contributed by atoms with Gasteiger partial charge in [-0.25, -0.2) is 4.79 Å². The van der Waals surface area contributed by atoms with Gasteiger partial charge in [0.1, 0.15) is 24.0 Å². The predicted octanol–water partition coefficient (Wildman–Crippen LogP) is 4.92. The third kappa shape index (κ3) is 6.56. The molecule has 6 nitrogen and oxygen atoms in total. The number of carboxylic acid groups (broad SMARTS) is 1. The molecule has 1 saturated carbocycles. The lowest BCUT2D eigenvalue weighted by Gasteiger charge is -2.22. The molecule has 2 aromatic carbocycles. The molecule has 2 aromatic rings. The summed E-state index contributed by atoms with van der Waals surface area (Å²) in [4.78, 5) is 23.4. The molecule has 1 aliphatic carbocycles. The molecule has 3 rings (SSSR count). The van der Waals surface area contributed by atoms with Gasteiger partial charge in [-0.2, -0.15) is 5.26 Å². The van der Waals surface area contributed by atoms with Crippen molar-refractivity contribution in [3.05, 3.63) is 68.3 Å². The fraction of sp³-hybridized carbons (Fsp3) is 0.292. The first-order valence-corrected chi connectivity index (χ1v) is 11.2. The summed E-state index contributed by atoms with van der Waals surface area (Å²) in [6, 6.07) is 14.1. The molecule has 2 N–H and O–H groups in total. The molecule has 0 atom stereocenters. The van der Waals surface area contributed by atoms with Crippen LogP contribution in [-0.4, -0.2) is 23.0 Å². The van der Waals surface area contributed by atoms with E-state index in [9.17, 15) is 14.9 Å². The van der Waals surface area contributed by atoms with Crippen LogP contribution in [0.1, 0.15) is 53.6 Å². The quantitative estimate of drug-likeness (QED) is 0.301. The highest BCUT2D eigenvalue weighted by molar-refractivity contribution is 14.1. The molecule has 160 valence electrons. The van der Waals surface area contributed by atoms with Gasteiger partial charge in [-0.1, -0.05) is 37.5 Å². The van der Waals surface area contributed by atoms with E-state index < -0.39 is 5.97 Å². The van der Waals surface area contributed by atoms with Crippen LogP contribution >= 0.6 is 22.6 Å². The highest BCUT2D eigenvalue weighted by Crippen LogP contribution is 2.25. The minimum absolute atomic E-state index is 0.0913. The number of hydrogen-bond acceptors (Lipinski definition) is 4. The molecule has 0 saturated heterocycles. The normalized spacial score (nSPS) is 14.5. The maximum absolute atomic E-state index is 12.5. The molecule has 7 heteroatoms. The highest BCUT2D eigenvalue weighted by Gasteiger charge is 2.18. The molecule has 0 heterocycles. The first kappa shape index (κ1) is 22.8. The van der Waals surface area contributed by atoms with E-state index in [1.165, 1.54) is 6.42 Å². The summed E-state index contributed by atoms with van der Waals surface area (Å²) in [5.41, 5.74) is 1.93. The zero-order chi connectivity index (χ0) is 22.2. The fourth-order valence-corrected chi connectivity index (χ4v) is 4.15. The van der Waals surface area contributed by atoms with E-state index >= 15 is 0 Å². The van der Waals surface area contributed by atoms with Crippen LogP contribution in [0.15, 0.2) is 48.0 Å². The van der Waals surface area contributed by atoms with E-state index in [2.05, 4.69) is 27.9 Å². The largest absolute Gasteiger partial charge is 0.488 e. The molecule has 0 unspecified atom stereocenters. The topological polar surface area (TPSA) is 99.4 Å². The average Bonchev–Trinajstić information content (AvgIpc) is 2.77. The van der Waals surface area contributed by atoms with Crippen LogP contribution in [0.4, 0.5) is 0 Å². The third-order valence-corrected chi connectivity index (χ3v) is 6.01. The number of carbonyl (C=O) groups is 2. The molecule has 0 aliphatic heterocycles. The predicted molar refractivity (Wildman–Crippen MR) is 125 cm³/mol. The number of amides is 1. The zero-order valence-corrected chi connectivity index (χ0v) is 19.1. The summed E-state index contributed by atoms with van der Waals surface area (Å²) in [6.07, 6.45) is 6.95. The second-order valence-corrected chi connectivity index (χ2v) is 8.62. The van der Waals surface area contributed by atoms with Crippen molar-refractivity contribution in [3.8, 4) is 11.8 Å². The minimum atomic E-state index is -0.963. The van der Waals surface area contributed by atoms with Crippen LogP contribution in [0.2, 0.25) is 0 Å². The van der Waals surface area contributed by atoms with Gasteiger partial charge in [-0.05, 0) is 76.9 Å². The van der Waals surface area contributed by atoms with Gasteiger partial charge in [-0.15, -0.1) is 0 Å². The Hall–Kier alpha value is -2.86. The Balaban J connectivity index is 1.63. The second-order valence-electron chi connectivity index (χ2n) is 7.46. The molecule has 1 aliphatic rings. The smallest absolute Gasteiger partial charge is 0.335 e. The van der Waals surface area contributed by atoms with Crippen molar-refractivity contribution in [1.29, 1.82) is 5.26 Å². The first-order chi connectivity index (χ1) is 15.0. The molecule has 0 spiro atoms. The third-order valence-electron chi connectivity index (χ3n) is 5.17. The number of aromatic carboxylic acids is 1. The van der Waals surface area contributed by atoms with Crippen LogP contribution in [0.3, 0.4) is 0 Å². The SMILES string of the molecule is N#C/C(=C/c1ccc(OCc2ccc(C(=O)O)cc2)c(I)c1)C(=O)NC1CCCCC1. The van der Waals surface area contributed by atoms with E-state index in [1.807, 2.05) is 12.1 Å². The number of carboxylic acids is 1. The van der Waals surface area contributed by atoms with Gasteiger partial charge in [0.05, 0.1) is 9.13 Å². The van der Waals surface area contributed by atoms with Crippen molar-refractivity contribution in [2.75, 3.05) is 0 Å². The molecule has 0 bridgehead atoms. The Morgan fingerprint density at radius 3 is 2.48 bits per heavy atom. The second kappa shape index (κ2) is 11.0. The maximum Gasteiger partial charge on any atom is 0.335 e. The maximum atomic E-state index is 12.5. The number of nitrogens with zero attached hydrogens (tertiary/aromatic N) is 1. The standard InChI is InChI=1S/C24H23IN2O4/c25-21-13-17(12-19(14-26)23(28)27-20-4-2-1-3-5-20)8-11-22(21)31-15-16-6-9-18(10-7-16)24(29)30/h6-13,20H,1-5,15H2,(H,27,28)(H,29,30)/b19-12-. The van der Waals surface area contributed by atoms with E-state index in [0.29, 0.717) is 12.4 Å². The Morgan fingerprint density at radius 2 is 1.87 bits per heavy atom. The fourth-order valence-electron chi connectivity index (χ4n) is 3.45. The van der Waals surface area contributed by atoms with Gasteiger partial charge >= 0.3 is 5.97 Å². The van der Waals surface area contributed by atoms with E-state index in [0.717, 1.165) is 40.4 Å². The first-order valence-electron chi connectivity index (χ1n) is 10.1. The van der Waals surface area contributed by atoms with Crippen molar-refractivity contribution in [2.45, 2.75) is 44.8 Å². The van der Waals surface area contributed by atoms with Crippen molar-refractivity contribution in [2.24, 2.45) is 0 Å². The molecule has 0 aromatic heterocycles. The van der Waals surface area contributed by atoms with Gasteiger partial charge < -0.3 is 15.2 Å². The minimum Gasteiger partial charge on any atom is -0.488 e. The Bertz CT molecular complexity index is 1020. The van der Waals surface area contributed by atoms with Crippen molar-refractivity contribution in [3.63, 3.8) is 0 Å². The molecular weight excluding hydrogens is 507 g/mol. The summed E-state index contributed by atoms with van der Waals surface area (Å²) in [5, 5.41) is 21.4. The van der Waals surface area contributed by atoms with E-state index in [-0.39, 0.29) is 23.1 Å². The van der Waals surface area contributed by atoms with Crippen LogP contribution in [0.25, 0.3) is 6.08 Å². The number of ether oxygens (including phenoxy) is 1. The van der Waals surface area contributed by atoms with Crippen molar-refractivity contribution in [1.82, 2.24) is 5.32 Å². The number of carbonyl (C=O) groups excluding carboxylic acids is 1. The summed E-state index contributed by atoms with van der Waals surface area (Å²) in [5.74, 6) is -0.616. The Labute approximate surface area is 195 Å². The van der Waals surface area contributed by atoms with E-state index in [1.54, 1.807) is 42.5 Å². The van der Waals surface area contributed by atoms with Crippen molar-refractivity contribution < 1.29 is 19.4 Å². The zero-order valence-electron chi connectivity index (χ0n) is 16.9. The van der Waals surface area contributed by atoms with Crippen molar-refractivity contribution >= 4 is 40.5 Å². The molecule has 1 fully saturated rings. The lowest BCUT2D eigenvalue weighted by atomic mass is 9.95. The number of benzene rings is 2. The van der Waals surface area contributed by atoms with Gasteiger partial charge in [0.25, 0.3) is 5.91 Å². The Kier molecular flexibility index (Phi) is 8.06. The molecule has 0 radical (unpaired) electrons. The lowest BCUT2D eigenvalue weighted by molar-refractivity contribution is -0.117. The summed E-state index contributed by atoms with van der Waals surface area (Å²) in [7, 11) is 0. The number of halogens is 1. The molecular formula is C24H23IN2O4. The summed E-state index contributed by atoms with van der Waals surface area (Å²) < 4.78 is 6.68. The number of rotatable bonds is 7. The van der Waals surface area contributed by atoms with Gasteiger partial charge in [0, 0.05) is 6.04 Å². The van der Waals surface area contributed by atoms with Crippen LogP contribution in [-0.2, 0) is 11.4 Å². The molecule has 1 amide bonds. The number of nitrogens with one attached hydrogen (secondary N) is 1. The molecule has 31 heavy (non-hydrogen) atoms.